The number of rotatable bonds is 6. The van der Waals surface area contributed by atoms with Crippen LogP contribution >= 0.6 is 11.3 Å². The van der Waals surface area contributed by atoms with Gasteiger partial charge >= 0.3 is 0 Å². The van der Waals surface area contributed by atoms with Crippen molar-refractivity contribution in [1.82, 2.24) is 15.2 Å². The van der Waals surface area contributed by atoms with Crippen LogP contribution in [0.15, 0.2) is 41.4 Å². The molecule has 0 aliphatic rings. The number of thiophene rings is 1. The van der Waals surface area contributed by atoms with Gasteiger partial charge in [-0.2, -0.15) is 11.3 Å². The lowest BCUT2D eigenvalue weighted by molar-refractivity contribution is -0.130. The number of nitrogens with zero attached hydrogens (tertiary/aromatic N) is 2. The SMILES string of the molecule is CN(Cc1ccncc1)C(=O)CCNC(=O)c1ccsc1. The topological polar surface area (TPSA) is 62.3 Å². The summed E-state index contributed by atoms with van der Waals surface area (Å²) < 4.78 is 0. The minimum absolute atomic E-state index is 0.00238. The van der Waals surface area contributed by atoms with E-state index in [4.69, 9.17) is 0 Å². The highest BCUT2D eigenvalue weighted by Gasteiger charge is 2.10. The van der Waals surface area contributed by atoms with Gasteiger partial charge in [-0.1, -0.05) is 0 Å². The predicted molar refractivity (Wildman–Crippen MR) is 82.0 cm³/mol. The first-order chi connectivity index (χ1) is 10.2. The monoisotopic (exact) mass is 303 g/mol. The molecule has 0 fully saturated rings. The fraction of sp³-hybridized carbons (Fsp3) is 0.267. The summed E-state index contributed by atoms with van der Waals surface area (Å²) in [5, 5.41) is 6.38. The Hall–Kier alpha value is -2.21. The summed E-state index contributed by atoms with van der Waals surface area (Å²) in [6, 6.07) is 5.52. The van der Waals surface area contributed by atoms with Gasteiger partial charge in [0.2, 0.25) is 5.91 Å². The molecule has 6 heteroatoms. The average Bonchev–Trinajstić information content (AvgIpc) is 3.02. The largest absolute Gasteiger partial charge is 0.351 e. The highest BCUT2D eigenvalue weighted by molar-refractivity contribution is 7.08. The first-order valence-electron chi connectivity index (χ1n) is 6.60. The zero-order chi connectivity index (χ0) is 15.1. The van der Waals surface area contributed by atoms with E-state index >= 15 is 0 Å². The smallest absolute Gasteiger partial charge is 0.252 e. The third-order valence-electron chi connectivity index (χ3n) is 3.00. The fourth-order valence-corrected chi connectivity index (χ4v) is 2.46. The first-order valence-corrected chi connectivity index (χ1v) is 7.54. The minimum Gasteiger partial charge on any atom is -0.351 e. The van der Waals surface area contributed by atoms with Gasteiger partial charge in [0.1, 0.15) is 0 Å². The van der Waals surface area contributed by atoms with Gasteiger partial charge in [0.05, 0.1) is 0 Å². The van der Waals surface area contributed by atoms with Crippen molar-refractivity contribution in [3.8, 4) is 0 Å². The molecule has 0 bridgehead atoms. The number of hydrogen-bond acceptors (Lipinski definition) is 4. The van der Waals surface area contributed by atoms with E-state index in [0.717, 1.165) is 5.56 Å². The quantitative estimate of drug-likeness (QED) is 0.887. The molecule has 0 saturated carbocycles. The average molecular weight is 303 g/mol. The maximum Gasteiger partial charge on any atom is 0.252 e. The maximum atomic E-state index is 12.0. The van der Waals surface area contributed by atoms with Crippen LogP contribution in [-0.2, 0) is 11.3 Å². The van der Waals surface area contributed by atoms with E-state index in [9.17, 15) is 9.59 Å². The molecule has 0 atom stereocenters. The zero-order valence-electron chi connectivity index (χ0n) is 11.8. The minimum atomic E-state index is -0.138. The summed E-state index contributed by atoms with van der Waals surface area (Å²) in [6.45, 7) is 0.883. The van der Waals surface area contributed by atoms with E-state index in [1.165, 1.54) is 11.3 Å². The fourth-order valence-electron chi connectivity index (χ4n) is 1.82. The number of carbonyl (C=O) groups is 2. The van der Waals surface area contributed by atoms with E-state index in [2.05, 4.69) is 10.3 Å². The lowest BCUT2D eigenvalue weighted by Crippen LogP contribution is -2.31. The molecule has 2 rings (SSSR count). The van der Waals surface area contributed by atoms with Crippen LogP contribution in [0, 0.1) is 0 Å². The molecule has 0 spiro atoms. The Morgan fingerprint density at radius 1 is 1.29 bits per heavy atom. The summed E-state index contributed by atoms with van der Waals surface area (Å²) in [6.07, 6.45) is 3.70. The van der Waals surface area contributed by atoms with Crippen LogP contribution in [0.25, 0.3) is 0 Å². The molecule has 110 valence electrons. The van der Waals surface area contributed by atoms with E-state index in [1.54, 1.807) is 35.8 Å². The van der Waals surface area contributed by atoms with Crippen LogP contribution in [0.3, 0.4) is 0 Å². The van der Waals surface area contributed by atoms with Crippen LogP contribution in [-0.4, -0.2) is 35.3 Å². The predicted octanol–water partition coefficient (Wildman–Crippen LogP) is 1.92. The standard InChI is InChI=1S/C15H17N3O2S/c1-18(10-12-2-6-16-7-3-12)14(19)4-8-17-15(20)13-5-9-21-11-13/h2-3,5-7,9,11H,4,8,10H2,1H3,(H,17,20). The number of aromatic nitrogens is 1. The summed E-state index contributed by atoms with van der Waals surface area (Å²) in [5.41, 5.74) is 1.67. The van der Waals surface area contributed by atoms with Gasteiger partial charge in [-0.25, -0.2) is 0 Å². The molecule has 5 nitrogen and oxygen atoms in total. The van der Waals surface area contributed by atoms with Crippen molar-refractivity contribution in [2.24, 2.45) is 0 Å². The molecule has 1 N–H and O–H groups in total. The second-order valence-electron chi connectivity index (χ2n) is 4.62. The Balaban J connectivity index is 1.73. The molecule has 2 amide bonds. The van der Waals surface area contributed by atoms with Crippen molar-refractivity contribution in [2.45, 2.75) is 13.0 Å². The van der Waals surface area contributed by atoms with Crippen LogP contribution in [0.4, 0.5) is 0 Å². The molecule has 0 saturated heterocycles. The van der Waals surface area contributed by atoms with Gasteiger partial charge in [0, 0.05) is 49.9 Å². The van der Waals surface area contributed by atoms with Gasteiger partial charge in [0.25, 0.3) is 5.91 Å². The molecular weight excluding hydrogens is 286 g/mol. The van der Waals surface area contributed by atoms with Crippen molar-refractivity contribution in [1.29, 1.82) is 0 Å². The molecule has 0 radical (unpaired) electrons. The number of hydrogen-bond donors (Lipinski definition) is 1. The highest BCUT2D eigenvalue weighted by Crippen LogP contribution is 2.05. The zero-order valence-corrected chi connectivity index (χ0v) is 12.6. The molecule has 2 aromatic heterocycles. The maximum absolute atomic E-state index is 12.0. The molecule has 0 aliphatic heterocycles. The Bertz CT molecular complexity index is 584. The van der Waals surface area contributed by atoms with E-state index in [1.807, 2.05) is 17.5 Å². The summed E-state index contributed by atoms with van der Waals surface area (Å²) in [7, 11) is 1.75. The third-order valence-corrected chi connectivity index (χ3v) is 3.69. The van der Waals surface area contributed by atoms with Gasteiger partial charge in [-0.05, 0) is 29.1 Å². The summed E-state index contributed by atoms with van der Waals surface area (Å²) >= 11 is 1.47. The highest BCUT2D eigenvalue weighted by atomic mass is 32.1. The van der Waals surface area contributed by atoms with Crippen LogP contribution in [0.2, 0.25) is 0 Å². The Morgan fingerprint density at radius 2 is 2.05 bits per heavy atom. The molecule has 0 aliphatic carbocycles. The van der Waals surface area contributed by atoms with Crippen LogP contribution in [0.1, 0.15) is 22.3 Å². The van der Waals surface area contributed by atoms with Gasteiger partial charge in [-0.3, -0.25) is 14.6 Å². The van der Waals surface area contributed by atoms with Crippen LogP contribution in [0.5, 0.6) is 0 Å². The van der Waals surface area contributed by atoms with Crippen molar-refractivity contribution in [3.05, 3.63) is 52.5 Å². The van der Waals surface area contributed by atoms with Gasteiger partial charge in [-0.15, -0.1) is 0 Å². The molecule has 2 aromatic rings. The van der Waals surface area contributed by atoms with E-state index in [-0.39, 0.29) is 18.2 Å². The number of carbonyl (C=O) groups excluding carboxylic acids is 2. The van der Waals surface area contributed by atoms with Crippen molar-refractivity contribution < 1.29 is 9.59 Å². The van der Waals surface area contributed by atoms with E-state index < -0.39 is 0 Å². The molecule has 2 heterocycles. The third kappa shape index (κ3) is 4.68. The lowest BCUT2D eigenvalue weighted by Gasteiger charge is -2.17. The number of nitrogens with one attached hydrogen (secondary N) is 1. The van der Waals surface area contributed by atoms with E-state index in [0.29, 0.717) is 18.7 Å². The molecule has 0 aromatic carbocycles. The Morgan fingerprint density at radius 3 is 2.71 bits per heavy atom. The van der Waals surface area contributed by atoms with Gasteiger partial charge < -0.3 is 10.2 Å². The van der Waals surface area contributed by atoms with Crippen molar-refractivity contribution in [3.63, 3.8) is 0 Å². The molecular formula is C15H17N3O2S. The van der Waals surface area contributed by atoms with Gasteiger partial charge in [0.15, 0.2) is 0 Å². The first kappa shape index (κ1) is 15.2. The lowest BCUT2D eigenvalue weighted by atomic mass is 10.2. The summed E-state index contributed by atoms with van der Waals surface area (Å²) in [4.78, 5) is 29.3. The summed E-state index contributed by atoms with van der Waals surface area (Å²) in [5.74, 6) is -0.140. The van der Waals surface area contributed by atoms with Crippen LogP contribution < -0.4 is 5.32 Å². The Kier molecular flexibility index (Phi) is 5.45. The Labute approximate surface area is 127 Å². The molecule has 21 heavy (non-hydrogen) atoms. The normalized spacial score (nSPS) is 10.1. The number of amides is 2. The molecule has 0 unspecified atom stereocenters. The second kappa shape index (κ2) is 7.54. The van der Waals surface area contributed by atoms with Crippen molar-refractivity contribution in [2.75, 3.05) is 13.6 Å². The number of pyridine rings is 1. The van der Waals surface area contributed by atoms with Crippen molar-refractivity contribution >= 4 is 23.2 Å². The second-order valence-corrected chi connectivity index (χ2v) is 5.40.